The van der Waals surface area contributed by atoms with Gasteiger partial charge in [0.2, 0.25) is 0 Å². The summed E-state index contributed by atoms with van der Waals surface area (Å²) >= 11 is 0. The number of hydrogen-bond donors (Lipinski definition) is 0. The average molecular weight is 270 g/mol. The molecule has 0 atom stereocenters. The SMILES string of the molecule is CN(C)c1ccc2ccccc2c1S(=O)(=O)Cl. The second-order valence-corrected chi connectivity index (χ2v) is 6.47. The smallest absolute Gasteiger partial charge is 0.263 e. The molecule has 2 aromatic rings. The number of nitrogens with zero attached hydrogens (tertiary/aromatic N) is 1. The lowest BCUT2D eigenvalue weighted by molar-refractivity contribution is 0.610. The van der Waals surface area contributed by atoms with Crippen molar-refractivity contribution in [3.8, 4) is 0 Å². The predicted octanol–water partition coefficient (Wildman–Crippen LogP) is 2.83. The normalized spacial score (nSPS) is 11.7. The molecule has 5 heteroatoms. The molecule has 0 amide bonds. The summed E-state index contributed by atoms with van der Waals surface area (Å²) < 4.78 is 23.4. The van der Waals surface area contributed by atoms with Crippen molar-refractivity contribution in [3.63, 3.8) is 0 Å². The Labute approximate surface area is 105 Å². The van der Waals surface area contributed by atoms with Crippen LogP contribution in [0.1, 0.15) is 0 Å². The predicted molar refractivity (Wildman–Crippen MR) is 71.3 cm³/mol. The van der Waals surface area contributed by atoms with Gasteiger partial charge in [-0.25, -0.2) is 8.42 Å². The van der Waals surface area contributed by atoms with Crippen LogP contribution in [0.2, 0.25) is 0 Å². The molecular weight excluding hydrogens is 258 g/mol. The van der Waals surface area contributed by atoms with Gasteiger partial charge in [0.15, 0.2) is 0 Å². The summed E-state index contributed by atoms with van der Waals surface area (Å²) in [5.41, 5.74) is 0.596. The zero-order valence-corrected chi connectivity index (χ0v) is 11.1. The zero-order chi connectivity index (χ0) is 12.6. The standard InChI is InChI=1S/C12H12ClNO2S/c1-14(2)11-8-7-9-5-3-4-6-10(9)12(11)17(13,15)16/h3-8H,1-2H3. The van der Waals surface area contributed by atoms with Gasteiger partial charge >= 0.3 is 0 Å². The van der Waals surface area contributed by atoms with Gasteiger partial charge in [-0.05, 0) is 11.5 Å². The number of halogens is 1. The van der Waals surface area contributed by atoms with Crippen molar-refractivity contribution in [1.82, 2.24) is 0 Å². The lowest BCUT2D eigenvalue weighted by Gasteiger charge is -2.17. The molecule has 2 rings (SSSR count). The molecule has 0 heterocycles. The molecule has 0 aromatic heterocycles. The Morgan fingerprint density at radius 2 is 1.71 bits per heavy atom. The summed E-state index contributed by atoms with van der Waals surface area (Å²) in [4.78, 5) is 1.91. The Morgan fingerprint density at radius 3 is 2.29 bits per heavy atom. The van der Waals surface area contributed by atoms with Gasteiger partial charge < -0.3 is 4.90 Å². The van der Waals surface area contributed by atoms with Crippen LogP contribution in [0.3, 0.4) is 0 Å². The molecule has 0 aliphatic rings. The van der Waals surface area contributed by atoms with E-state index in [0.717, 1.165) is 5.39 Å². The van der Waals surface area contributed by atoms with Crippen LogP contribution in [0.25, 0.3) is 10.8 Å². The van der Waals surface area contributed by atoms with Crippen LogP contribution in [-0.2, 0) is 9.05 Å². The summed E-state index contributed by atoms with van der Waals surface area (Å²) in [5, 5.41) is 1.51. The highest BCUT2D eigenvalue weighted by molar-refractivity contribution is 8.14. The van der Waals surface area contributed by atoms with E-state index >= 15 is 0 Å². The molecule has 0 spiro atoms. The van der Waals surface area contributed by atoms with Crippen LogP contribution >= 0.6 is 10.7 Å². The molecule has 0 radical (unpaired) electrons. The molecule has 0 saturated carbocycles. The van der Waals surface area contributed by atoms with Crippen molar-refractivity contribution in [2.45, 2.75) is 4.90 Å². The minimum atomic E-state index is -3.77. The van der Waals surface area contributed by atoms with Gasteiger partial charge in [0.25, 0.3) is 9.05 Å². The Bertz CT molecular complexity index is 665. The third-order valence-electron chi connectivity index (χ3n) is 2.58. The largest absolute Gasteiger partial charge is 0.377 e. The van der Waals surface area contributed by atoms with E-state index in [1.165, 1.54) is 0 Å². The fourth-order valence-electron chi connectivity index (χ4n) is 1.84. The van der Waals surface area contributed by atoms with Crippen molar-refractivity contribution in [3.05, 3.63) is 36.4 Å². The van der Waals surface area contributed by atoms with Gasteiger partial charge in [0, 0.05) is 30.2 Å². The van der Waals surface area contributed by atoms with Gasteiger partial charge in [0.05, 0.1) is 5.69 Å². The number of rotatable bonds is 2. The topological polar surface area (TPSA) is 37.4 Å². The molecule has 0 aliphatic heterocycles. The molecule has 0 N–H and O–H groups in total. The molecule has 3 nitrogen and oxygen atoms in total. The van der Waals surface area contributed by atoms with E-state index in [2.05, 4.69) is 0 Å². The maximum Gasteiger partial charge on any atom is 0.263 e. The Kier molecular flexibility index (Phi) is 3.02. The van der Waals surface area contributed by atoms with E-state index in [1.807, 2.05) is 18.2 Å². The highest BCUT2D eigenvalue weighted by Gasteiger charge is 2.20. The molecule has 0 unspecified atom stereocenters. The van der Waals surface area contributed by atoms with E-state index in [-0.39, 0.29) is 4.90 Å². The van der Waals surface area contributed by atoms with E-state index in [4.69, 9.17) is 10.7 Å². The molecular formula is C12H12ClNO2S. The third-order valence-corrected chi connectivity index (χ3v) is 3.96. The Morgan fingerprint density at radius 1 is 1.06 bits per heavy atom. The van der Waals surface area contributed by atoms with Crippen LogP contribution in [0.4, 0.5) is 5.69 Å². The molecule has 0 bridgehead atoms. The van der Waals surface area contributed by atoms with Crippen molar-refractivity contribution in [2.75, 3.05) is 19.0 Å². The monoisotopic (exact) mass is 269 g/mol. The van der Waals surface area contributed by atoms with Gasteiger partial charge in [0.1, 0.15) is 4.90 Å². The number of anilines is 1. The van der Waals surface area contributed by atoms with Crippen molar-refractivity contribution >= 4 is 36.2 Å². The molecule has 0 fully saturated rings. The fourth-order valence-corrected chi connectivity index (χ4v) is 3.28. The van der Waals surface area contributed by atoms with Crippen molar-refractivity contribution < 1.29 is 8.42 Å². The molecule has 0 saturated heterocycles. The maximum absolute atomic E-state index is 11.7. The molecule has 0 aliphatic carbocycles. The summed E-state index contributed by atoms with van der Waals surface area (Å²) in [6.45, 7) is 0. The average Bonchev–Trinajstić information content (AvgIpc) is 2.26. The minimum absolute atomic E-state index is 0.169. The fraction of sp³-hybridized carbons (Fsp3) is 0.167. The third kappa shape index (κ3) is 2.23. The van der Waals surface area contributed by atoms with E-state index in [9.17, 15) is 8.42 Å². The number of hydrogen-bond acceptors (Lipinski definition) is 3. The zero-order valence-electron chi connectivity index (χ0n) is 9.51. The van der Waals surface area contributed by atoms with Crippen LogP contribution in [-0.4, -0.2) is 22.5 Å². The van der Waals surface area contributed by atoms with Crippen LogP contribution in [0, 0.1) is 0 Å². The van der Waals surface area contributed by atoms with E-state index < -0.39 is 9.05 Å². The summed E-state index contributed by atoms with van der Waals surface area (Å²) in [6.07, 6.45) is 0. The van der Waals surface area contributed by atoms with Crippen molar-refractivity contribution in [1.29, 1.82) is 0 Å². The van der Waals surface area contributed by atoms with E-state index in [1.54, 1.807) is 37.2 Å². The van der Waals surface area contributed by atoms with Gasteiger partial charge in [-0.15, -0.1) is 0 Å². The number of benzene rings is 2. The Hall–Kier alpha value is -1.26. The Balaban J connectivity index is 2.95. The molecule has 90 valence electrons. The first-order chi connectivity index (χ1) is 7.91. The minimum Gasteiger partial charge on any atom is -0.377 e. The van der Waals surface area contributed by atoms with Gasteiger partial charge in [-0.2, -0.15) is 0 Å². The lowest BCUT2D eigenvalue weighted by atomic mass is 10.1. The number of fused-ring (bicyclic) bond motifs is 1. The van der Waals surface area contributed by atoms with Gasteiger partial charge in [-0.1, -0.05) is 30.3 Å². The van der Waals surface area contributed by atoms with Gasteiger partial charge in [-0.3, -0.25) is 0 Å². The highest BCUT2D eigenvalue weighted by atomic mass is 35.7. The molecule has 2 aromatic carbocycles. The lowest BCUT2D eigenvalue weighted by Crippen LogP contribution is -2.12. The first kappa shape index (κ1) is 12.2. The summed E-state index contributed by atoms with van der Waals surface area (Å²) in [5.74, 6) is 0. The van der Waals surface area contributed by atoms with Crippen molar-refractivity contribution in [2.24, 2.45) is 0 Å². The van der Waals surface area contributed by atoms with Crippen LogP contribution < -0.4 is 4.90 Å². The first-order valence-electron chi connectivity index (χ1n) is 5.05. The summed E-state index contributed by atoms with van der Waals surface area (Å²) in [7, 11) is 5.33. The van der Waals surface area contributed by atoms with Crippen LogP contribution in [0.15, 0.2) is 41.3 Å². The highest BCUT2D eigenvalue weighted by Crippen LogP contribution is 2.34. The van der Waals surface area contributed by atoms with Crippen LogP contribution in [0.5, 0.6) is 0 Å². The second-order valence-electron chi connectivity index (χ2n) is 3.97. The van der Waals surface area contributed by atoms with E-state index in [0.29, 0.717) is 11.1 Å². The summed E-state index contributed by atoms with van der Waals surface area (Å²) in [6, 6.07) is 10.9. The quantitative estimate of drug-likeness (QED) is 0.787. The maximum atomic E-state index is 11.7. The molecule has 17 heavy (non-hydrogen) atoms. The second kappa shape index (κ2) is 4.20. The first-order valence-corrected chi connectivity index (χ1v) is 7.36.